The van der Waals surface area contributed by atoms with Crippen LogP contribution in [0.3, 0.4) is 0 Å². The maximum absolute atomic E-state index is 13.2. The predicted octanol–water partition coefficient (Wildman–Crippen LogP) is 4.89. The molecule has 1 unspecified atom stereocenters. The molecule has 3 amide bonds. The van der Waals surface area contributed by atoms with Gasteiger partial charge in [0.05, 0.1) is 5.69 Å². The molecule has 4 N–H and O–H groups in total. The average molecular weight is 446 g/mol. The SMILES string of the molecule is Cc1ccc(C(=O)N[N+](C(N)=O)(c2ccccc2)c2nc(-c3cccc(O)c3)cs2)cc1. The number of amides is 3. The number of benzene rings is 3. The fourth-order valence-corrected chi connectivity index (χ4v) is 4.24. The number of carbonyl (C=O) groups excluding carboxylic acids is 2. The Balaban J connectivity index is 1.83. The van der Waals surface area contributed by atoms with E-state index in [0.717, 1.165) is 5.56 Å². The van der Waals surface area contributed by atoms with E-state index in [2.05, 4.69) is 10.4 Å². The second-order valence-corrected chi connectivity index (χ2v) is 8.05. The molecule has 0 spiro atoms. The molecule has 7 nitrogen and oxygen atoms in total. The first-order valence-corrected chi connectivity index (χ1v) is 10.7. The maximum Gasteiger partial charge on any atom is 0.451 e. The Morgan fingerprint density at radius 2 is 1.72 bits per heavy atom. The molecule has 0 radical (unpaired) electrons. The van der Waals surface area contributed by atoms with E-state index in [1.807, 2.05) is 19.1 Å². The summed E-state index contributed by atoms with van der Waals surface area (Å²) in [6.45, 7) is 1.92. The number of aromatic nitrogens is 1. The fourth-order valence-electron chi connectivity index (χ4n) is 3.29. The Morgan fingerprint density at radius 3 is 2.38 bits per heavy atom. The van der Waals surface area contributed by atoms with Crippen molar-refractivity contribution in [3.05, 3.63) is 95.4 Å². The minimum atomic E-state index is -0.812. The number of primary amides is 1. The number of nitrogens with zero attached hydrogens (tertiary/aromatic N) is 2. The number of nitrogens with one attached hydrogen (secondary N) is 1. The highest BCUT2D eigenvalue weighted by Gasteiger charge is 2.46. The lowest BCUT2D eigenvalue weighted by molar-refractivity contribution is 0.0881. The molecule has 1 heterocycles. The zero-order valence-electron chi connectivity index (χ0n) is 17.2. The van der Waals surface area contributed by atoms with Gasteiger partial charge in [-0.25, -0.2) is 4.79 Å². The summed E-state index contributed by atoms with van der Waals surface area (Å²) < 4.78 is -0.781. The molecule has 3 aromatic carbocycles. The average Bonchev–Trinajstić information content (AvgIpc) is 3.29. The lowest BCUT2D eigenvalue weighted by atomic mass is 10.1. The highest BCUT2D eigenvalue weighted by atomic mass is 32.1. The number of nitrogens with two attached hydrogens (primary N) is 1. The molecule has 1 atom stereocenters. The number of quaternary nitrogens is 1. The van der Waals surface area contributed by atoms with Gasteiger partial charge < -0.3 is 10.8 Å². The fraction of sp³-hybridized carbons (Fsp3) is 0.0417. The minimum Gasteiger partial charge on any atom is -0.508 e. The number of aromatic hydroxyl groups is 1. The summed E-state index contributed by atoms with van der Waals surface area (Å²) in [5.74, 6) is -0.370. The Labute approximate surface area is 189 Å². The molecule has 0 aliphatic carbocycles. The minimum absolute atomic E-state index is 0.100. The van der Waals surface area contributed by atoms with Crippen LogP contribution in [0.4, 0.5) is 15.6 Å². The predicted molar refractivity (Wildman–Crippen MR) is 125 cm³/mol. The lowest BCUT2D eigenvalue weighted by Crippen LogP contribution is -2.63. The topological polar surface area (TPSA) is 105 Å². The molecular weight excluding hydrogens is 424 g/mol. The quantitative estimate of drug-likeness (QED) is 0.307. The summed E-state index contributed by atoms with van der Waals surface area (Å²) in [6.07, 6.45) is 0. The zero-order valence-corrected chi connectivity index (χ0v) is 18.0. The van der Waals surface area contributed by atoms with E-state index in [0.29, 0.717) is 22.5 Å². The van der Waals surface area contributed by atoms with Crippen molar-refractivity contribution in [3.63, 3.8) is 0 Å². The van der Waals surface area contributed by atoms with E-state index in [1.165, 1.54) is 11.3 Å². The lowest BCUT2D eigenvalue weighted by Gasteiger charge is -2.29. The van der Waals surface area contributed by atoms with Gasteiger partial charge in [0.15, 0.2) is 5.69 Å². The molecule has 0 saturated carbocycles. The molecule has 0 bridgehead atoms. The van der Waals surface area contributed by atoms with Gasteiger partial charge in [0.2, 0.25) is 0 Å². The summed E-state index contributed by atoms with van der Waals surface area (Å²) in [5, 5.41) is 11.8. The second kappa shape index (κ2) is 8.62. The van der Waals surface area contributed by atoms with E-state index in [-0.39, 0.29) is 10.9 Å². The number of hydrogen-bond acceptors (Lipinski definition) is 5. The Kier molecular flexibility index (Phi) is 5.72. The second-order valence-electron chi connectivity index (χ2n) is 7.22. The number of urea groups is 1. The number of phenols is 1. The van der Waals surface area contributed by atoms with Gasteiger partial charge in [0, 0.05) is 28.6 Å². The number of rotatable bonds is 4. The van der Waals surface area contributed by atoms with Crippen LogP contribution in [0.25, 0.3) is 11.3 Å². The smallest absolute Gasteiger partial charge is 0.451 e. The summed E-state index contributed by atoms with van der Waals surface area (Å²) in [4.78, 5) is 30.7. The third-order valence-corrected chi connectivity index (χ3v) is 5.90. The van der Waals surface area contributed by atoms with Gasteiger partial charge in [-0.2, -0.15) is 10.4 Å². The summed E-state index contributed by atoms with van der Waals surface area (Å²) in [5.41, 5.74) is 11.8. The number of phenolic OH excluding ortho intramolecular Hbond substituents is 1. The summed E-state index contributed by atoms with van der Waals surface area (Å²) in [6, 6.07) is 21.6. The highest BCUT2D eigenvalue weighted by Crippen LogP contribution is 2.37. The molecule has 1 aromatic heterocycles. The number of aryl methyl sites for hydroxylation is 1. The number of carbonyl (C=O) groups is 2. The first-order valence-electron chi connectivity index (χ1n) is 9.79. The van der Waals surface area contributed by atoms with Crippen molar-refractivity contribution in [1.82, 2.24) is 15.0 Å². The molecular formula is C24H21N4O3S+. The molecule has 0 aliphatic rings. The molecule has 4 aromatic rings. The molecule has 0 aliphatic heterocycles. The Bertz CT molecular complexity index is 1270. The van der Waals surface area contributed by atoms with E-state index in [1.54, 1.807) is 72.1 Å². The molecule has 32 heavy (non-hydrogen) atoms. The largest absolute Gasteiger partial charge is 0.508 e. The van der Waals surface area contributed by atoms with Crippen LogP contribution in [0.1, 0.15) is 15.9 Å². The monoisotopic (exact) mass is 445 g/mol. The van der Waals surface area contributed by atoms with Crippen LogP contribution < -0.4 is 15.8 Å². The number of para-hydroxylation sites is 1. The van der Waals surface area contributed by atoms with Gasteiger partial charge in [-0.15, -0.1) is 0 Å². The van der Waals surface area contributed by atoms with Crippen molar-refractivity contribution in [2.24, 2.45) is 5.73 Å². The van der Waals surface area contributed by atoms with Crippen LogP contribution in [0.5, 0.6) is 5.75 Å². The van der Waals surface area contributed by atoms with Gasteiger partial charge in [-0.05, 0) is 35.8 Å². The molecule has 4 rings (SSSR count). The normalized spacial score (nSPS) is 12.7. The van der Waals surface area contributed by atoms with Crippen LogP contribution in [0, 0.1) is 6.92 Å². The van der Waals surface area contributed by atoms with Gasteiger partial charge in [0.1, 0.15) is 5.75 Å². The first-order chi connectivity index (χ1) is 15.4. The molecule has 160 valence electrons. The van der Waals surface area contributed by atoms with Crippen molar-refractivity contribution < 1.29 is 14.7 Å². The zero-order chi connectivity index (χ0) is 22.7. The molecule has 0 saturated heterocycles. The van der Waals surface area contributed by atoms with Crippen molar-refractivity contribution in [1.29, 1.82) is 0 Å². The third-order valence-electron chi connectivity index (χ3n) is 4.98. The van der Waals surface area contributed by atoms with Gasteiger partial charge in [-0.1, -0.05) is 59.4 Å². The first kappa shape index (κ1) is 21.2. The van der Waals surface area contributed by atoms with E-state index in [4.69, 9.17) is 5.73 Å². The van der Waals surface area contributed by atoms with Crippen molar-refractivity contribution in [2.45, 2.75) is 6.92 Å². The van der Waals surface area contributed by atoms with Crippen molar-refractivity contribution >= 4 is 34.1 Å². The van der Waals surface area contributed by atoms with E-state index in [9.17, 15) is 14.7 Å². The van der Waals surface area contributed by atoms with Crippen LogP contribution >= 0.6 is 11.3 Å². The molecule has 0 fully saturated rings. The Hall–Kier alpha value is -4.01. The van der Waals surface area contributed by atoms with Gasteiger partial charge in [0.25, 0.3) is 5.91 Å². The van der Waals surface area contributed by atoms with Gasteiger partial charge in [-0.3, -0.25) is 4.79 Å². The maximum atomic E-state index is 13.2. The standard InChI is InChI=1S/C24H20N4O3S/c1-16-10-12-17(13-11-16)22(30)27-28(23(25)31,19-7-3-2-4-8-19)24-26-21(15-32-24)18-6-5-9-20(29)14-18/h2-15H,1H3,(H3-,25,27,29,30,31)/p+1. The number of thiazole rings is 1. The van der Waals surface area contributed by atoms with Gasteiger partial charge >= 0.3 is 11.2 Å². The van der Waals surface area contributed by atoms with Crippen LogP contribution in [0.15, 0.2) is 84.2 Å². The summed E-state index contributed by atoms with van der Waals surface area (Å²) >= 11 is 1.18. The Morgan fingerprint density at radius 1 is 1.00 bits per heavy atom. The van der Waals surface area contributed by atoms with Crippen LogP contribution in [-0.2, 0) is 0 Å². The van der Waals surface area contributed by atoms with Crippen LogP contribution in [-0.4, -0.2) is 22.0 Å². The van der Waals surface area contributed by atoms with Crippen LogP contribution in [0.2, 0.25) is 0 Å². The molecule has 8 heteroatoms. The van der Waals surface area contributed by atoms with Crippen molar-refractivity contribution in [3.8, 4) is 17.0 Å². The van der Waals surface area contributed by atoms with E-state index >= 15 is 0 Å². The third kappa shape index (κ3) is 3.96. The van der Waals surface area contributed by atoms with E-state index < -0.39 is 16.5 Å². The van der Waals surface area contributed by atoms with Crippen molar-refractivity contribution in [2.75, 3.05) is 0 Å². The highest BCUT2D eigenvalue weighted by molar-refractivity contribution is 7.14. The summed E-state index contributed by atoms with van der Waals surface area (Å²) in [7, 11) is 0. The number of hydrogen-bond donors (Lipinski definition) is 3.